The topological polar surface area (TPSA) is 88.2 Å². The molecule has 9 heteroatoms. The first-order valence-corrected chi connectivity index (χ1v) is 10.1. The molecule has 0 aromatic carbocycles. The molecule has 0 aliphatic carbocycles. The zero-order valence-corrected chi connectivity index (χ0v) is 14.6. The van der Waals surface area contributed by atoms with Gasteiger partial charge in [-0.05, 0) is 28.4 Å². The van der Waals surface area contributed by atoms with Crippen LogP contribution in [-0.2, 0) is 20.8 Å². The maximum atomic E-state index is 12.2. The summed E-state index contributed by atoms with van der Waals surface area (Å²) < 4.78 is 38.5. The van der Waals surface area contributed by atoms with E-state index >= 15 is 0 Å². The maximum Gasteiger partial charge on any atom is 0.244 e. The summed E-state index contributed by atoms with van der Waals surface area (Å²) in [6, 6.07) is 1.50. The first-order valence-electron chi connectivity index (χ1n) is 6.06. The van der Waals surface area contributed by atoms with Crippen molar-refractivity contribution in [3.8, 4) is 0 Å². The summed E-state index contributed by atoms with van der Waals surface area (Å²) in [5, 5.41) is 2.98. The van der Waals surface area contributed by atoms with E-state index in [0.29, 0.717) is 16.8 Å². The maximum absolute atomic E-state index is 12.2. The Morgan fingerprint density at radius 1 is 1.40 bits per heavy atom. The van der Waals surface area contributed by atoms with Gasteiger partial charge in [0.05, 0.1) is 0 Å². The van der Waals surface area contributed by atoms with Gasteiger partial charge in [0.2, 0.25) is 10.0 Å². The lowest BCUT2D eigenvalue weighted by atomic mass is 10.4. The Balaban J connectivity index is 2.96. The Morgan fingerprint density at radius 3 is 2.70 bits per heavy atom. The van der Waals surface area contributed by atoms with Crippen molar-refractivity contribution in [3.05, 3.63) is 16.7 Å². The first kappa shape index (κ1) is 17.5. The average molecular weight is 384 g/mol. The highest BCUT2D eigenvalue weighted by molar-refractivity contribution is 9.10. The molecule has 0 aliphatic rings. The molecule has 0 saturated heterocycles. The highest BCUT2D eigenvalue weighted by atomic mass is 79.9. The Kier molecular flexibility index (Phi) is 7.07. The van der Waals surface area contributed by atoms with E-state index in [0.717, 1.165) is 6.42 Å². The quantitative estimate of drug-likeness (QED) is 0.706. The summed E-state index contributed by atoms with van der Waals surface area (Å²) in [5.74, 6) is 0.596. The zero-order chi connectivity index (χ0) is 15.2. The molecule has 2 N–H and O–H groups in total. The van der Waals surface area contributed by atoms with Crippen LogP contribution in [-0.4, -0.2) is 42.7 Å². The molecule has 1 aromatic rings. The molecule has 1 atom stereocenters. The molecule has 6 nitrogen and oxygen atoms in total. The van der Waals surface area contributed by atoms with Crippen LogP contribution in [0.2, 0.25) is 0 Å². The van der Waals surface area contributed by atoms with Gasteiger partial charge in [-0.15, -0.1) is 0 Å². The summed E-state index contributed by atoms with van der Waals surface area (Å²) in [5.41, 5.74) is 0. The summed E-state index contributed by atoms with van der Waals surface area (Å²) in [7, 11) is -4.72. The molecule has 20 heavy (non-hydrogen) atoms. The number of nitrogens with one attached hydrogen (secondary N) is 2. The van der Waals surface area contributed by atoms with Crippen molar-refractivity contribution in [3.63, 3.8) is 0 Å². The van der Waals surface area contributed by atoms with E-state index in [1.807, 2.05) is 6.92 Å². The van der Waals surface area contributed by atoms with Crippen molar-refractivity contribution in [2.24, 2.45) is 0 Å². The summed E-state index contributed by atoms with van der Waals surface area (Å²) in [6.45, 7) is 2.75. The molecule has 1 heterocycles. The molecule has 0 fully saturated rings. The Labute approximate surface area is 130 Å². The number of rotatable bonds is 8. The van der Waals surface area contributed by atoms with Crippen LogP contribution in [0.1, 0.15) is 13.3 Å². The highest BCUT2D eigenvalue weighted by Gasteiger charge is 2.19. The Bertz CT molecular complexity index is 578. The molecule has 0 aliphatic heterocycles. The monoisotopic (exact) mass is 383 g/mol. The number of pyridine rings is 1. The molecule has 1 unspecified atom stereocenters. The third-order valence-corrected chi connectivity index (χ3v) is 5.02. The molecule has 1 rings (SSSR count). The normalized spacial score (nSPS) is 13.2. The lowest BCUT2D eigenvalue weighted by molar-refractivity contribution is 0.584. The second-order valence-electron chi connectivity index (χ2n) is 4.10. The largest absolute Gasteiger partial charge is 0.369 e. The fourth-order valence-corrected chi connectivity index (χ4v) is 3.59. The lowest BCUT2D eigenvalue weighted by Gasteiger charge is -2.12. The second kappa shape index (κ2) is 8.06. The van der Waals surface area contributed by atoms with Gasteiger partial charge in [-0.3, -0.25) is 4.21 Å². The van der Waals surface area contributed by atoms with Gasteiger partial charge >= 0.3 is 0 Å². The van der Waals surface area contributed by atoms with Gasteiger partial charge in [0.1, 0.15) is 10.7 Å². The number of aromatic nitrogens is 1. The van der Waals surface area contributed by atoms with E-state index in [4.69, 9.17) is 0 Å². The van der Waals surface area contributed by atoms with E-state index in [1.54, 1.807) is 0 Å². The minimum Gasteiger partial charge on any atom is -0.369 e. The molecule has 114 valence electrons. The van der Waals surface area contributed by atoms with Gasteiger partial charge in [-0.2, -0.15) is 0 Å². The third kappa shape index (κ3) is 5.47. The molecule has 0 spiro atoms. The fraction of sp³-hybridized carbons (Fsp3) is 0.545. The van der Waals surface area contributed by atoms with E-state index in [2.05, 4.69) is 31.0 Å². The van der Waals surface area contributed by atoms with E-state index in [1.165, 1.54) is 18.5 Å². The van der Waals surface area contributed by atoms with Crippen LogP contribution < -0.4 is 10.0 Å². The summed E-state index contributed by atoms with van der Waals surface area (Å²) in [6.07, 6.45) is 3.93. The first-order chi connectivity index (χ1) is 9.36. The van der Waals surface area contributed by atoms with Gasteiger partial charge in [0.15, 0.2) is 0 Å². The number of halogens is 1. The van der Waals surface area contributed by atoms with Crippen LogP contribution in [0.5, 0.6) is 0 Å². The van der Waals surface area contributed by atoms with Gasteiger partial charge in [-0.25, -0.2) is 18.1 Å². The third-order valence-electron chi connectivity index (χ3n) is 2.33. The lowest BCUT2D eigenvalue weighted by Crippen LogP contribution is -2.28. The number of hydrogen-bond donors (Lipinski definition) is 2. The summed E-state index contributed by atoms with van der Waals surface area (Å²) in [4.78, 5) is 4.17. The van der Waals surface area contributed by atoms with Crippen molar-refractivity contribution in [2.75, 3.05) is 30.4 Å². The average Bonchev–Trinajstić information content (AvgIpc) is 2.36. The number of sulfonamides is 1. The van der Waals surface area contributed by atoms with Gasteiger partial charge in [0.25, 0.3) is 0 Å². The second-order valence-corrected chi connectivity index (χ2v) is 8.31. The fourth-order valence-electron chi connectivity index (χ4n) is 1.40. The molecule has 0 amide bonds. The van der Waals surface area contributed by atoms with Crippen LogP contribution in [0.3, 0.4) is 0 Å². The molecule has 0 bridgehead atoms. The van der Waals surface area contributed by atoms with Crippen LogP contribution in [0.15, 0.2) is 21.6 Å². The number of anilines is 1. The van der Waals surface area contributed by atoms with Crippen LogP contribution in [0, 0.1) is 0 Å². The standard InChI is InChI=1S/C11H18BrN3O3S2/c1-3-4-13-11-10(7-9(12)8-14-11)20(17,18)15-5-6-19(2)16/h7-8,15H,3-6H2,1-2H3,(H,13,14). The van der Waals surface area contributed by atoms with Gasteiger partial charge in [0, 0.05) is 46.6 Å². The molecular weight excluding hydrogens is 366 g/mol. The molecule has 1 aromatic heterocycles. The van der Waals surface area contributed by atoms with Gasteiger partial charge < -0.3 is 5.32 Å². The SMILES string of the molecule is CCCNc1ncc(Br)cc1S(=O)(=O)NCCS(C)=O. The molecule has 0 saturated carbocycles. The highest BCUT2D eigenvalue weighted by Crippen LogP contribution is 2.22. The Morgan fingerprint density at radius 2 is 2.10 bits per heavy atom. The zero-order valence-electron chi connectivity index (χ0n) is 11.3. The van der Waals surface area contributed by atoms with Crippen molar-refractivity contribution < 1.29 is 12.6 Å². The van der Waals surface area contributed by atoms with Gasteiger partial charge in [-0.1, -0.05) is 6.92 Å². The molecular formula is C11H18BrN3O3S2. The number of hydrogen-bond acceptors (Lipinski definition) is 5. The van der Waals surface area contributed by atoms with Crippen LogP contribution in [0.4, 0.5) is 5.82 Å². The Hall–Kier alpha value is -0.510. The minimum absolute atomic E-state index is 0.0854. The molecule has 0 radical (unpaired) electrons. The smallest absolute Gasteiger partial charge is 0.244 e. The number of nitrogens with zero attached hydrogens (tertiary/aromatic N) is 1. The summed E-state index contributed by atoms with van der Waals surface area (Å²) >= 11 is 3.22. The van der Waals surface area contributed by atoms with E-state index < -0.39 is 20.8 Å². The minimum atomic E-state index is -3.68. The van der Waals surface area contributed by atoms with Crippen molar-refractivity contribution in [1.29, 1.82) is 0 Å². The van der Waals surface area contributed by atoms with E-state index in [9.17, 15) is 12.6 Å². The van der Waals surface area contributed by atoms with E-state index in [-0.39, 0.29) is 17.2 Å². The van der Waals surface area contributed by atoms with Crippen molar-refractivity contribution in [2.45, 2.75) is 18.2 Å². The van der Waals surface area contributed by atoms with Crippen LogP contribution >= 0.6 is 15.9 Å². The van der Waals surface area contributed by atoms with Crippen molar-refractivity contribution >= 4 is 42.6 Å². The van der Waals surface area contributed by atoms with Crippen LogP contribution in [0.25, 0.3) is 0 Å². The predicted octanol–water partition coefficient (Wildman–Crippen LogP) is 1.32. The predicted molar refractivity (Wildman–Crippen MR) is 84.8 cm³/mol. The van der Waals surface area contributed by atoms with Crippen molar-refractivity contribution in [1.82, 2.24) is 9.71 Å².